The van der Waals surface area contributed by atoms with Gasteiger partial charge in [-0.2, -0.15) is 0 Å². The fourth-order valence-electron chi connectivity index (χ4n) is 2.63. The van der Waals surface area contributed by atoms with E-state index in [2.05, 4.69) is 0 Å². The second-order valence-electron chi connectivity index (χ2n) is 5.20. The summed E-state index contributed by atoms with van der Waals surface area (Å²) in [5.74, 6) is 0.564. The Kier molecular flexibility index (Phi) is 2.94. The van der Waals surface area contributed by atoms with E-state index < -0.39 is 5.41 Å². The molecule has 0 radical (unpaired) electrons. The van der Waals surface area contributed by atoms with Crippen molar-refractivity contribution in [3.63, 3.8) is 0 Å². The monoisotopic (exact) mass is 264 g/mol. The van der Waals surface area contributed by atoms with Crippen LogP contribution >= 0.6 is 0 Å². The topological polar surface area (TPSA) is 26.3 Å². The van der Waals surface area contributed by atoms with E-state index in [-0.39, 0.29) is 5.97 Å². The van der Waals surface area contributed by atoms with Gasteiger partial charge < -0.3 is 4.74 Å². The van der Waals surface area contributed by atoms with Gasteiger partial charge in [-0.25, -0.2) is 0 Å². The molecule has 0 N–H and O–H groups in total. The van der Waals surface area contributed by atoms with Crippen molar-refractivity contribution in [2.24, 2.45) is 0 Å². The van der Waals surface area contributed by atoms with E-state index >= 15 is 0 Å². The van der Waals surface area contributed by atoms with Gasteiger partial charge in [0, 0.05) is 0 Å². The molecule has 1 unspecified atom stereocenters. The first-order valence-electron chi connectivity index (χ1n) is 6.68. The van der Waals surface area contributed by atoms with Gasteiger partial charge >= 0.3 is 5.97 Å². The minimum Gasteiger partial charge on any atom is -0.428 e. The molecule has 2 heteroatoms. The van der Waals surface area contributed by atoms with Gasteiger partial charge in [0.25, 0.3) is 0 Å². The normalized spacial score (nSPS) is 23.8. The van der Waals surface area contributed by atoms with Gasteiger partial charge in [0.2, 0.25) is 0 Å². The van der Waals surface area contributed by atoms with Crippen LogP contribution in [0.15, 0.2) is 66.4 Å². The molecule has 1 saturated heterocycles. The quantitative estimate of drug-likeness (QED) is 0.768. The minimum atomic E-state index is -0.665. The van der Waals surface area contributed by atoms with Crippen molar-refractivity contribution in [2.45, 2.75) is 19.3 Å². The number of ether oxygens (including phenoxy) is 1. The van der Waals surface area contributed by atoms with Crippen LogP contribution in [0.1, 0.15) is 25.0 Å². The molecule has 1 aliphatic rings. The second-order valence-corrected chi connectivity index (χ2v) is 5.20. The number of carbonyl (C=O) groups is 1. The predicted molar refractivity (Wildman–Crippen MR) is 78.9 cm³/mol. The summed E-state index contributed by atoms with van der Waals surface area (Å²) in [4.78, 5) is 12.0. The van der Waals surface area contributed by atoms with Crippen LogP contribution < -0.4 is 0 Å². The SMILES string of the molecule is C/C(=C1/OC(=O)C1(C)c1ccccc1)c1ccccc1. The van der Waals surface area contributed by atoms with Crippen molar-refractivity contribution >= 4 is 11.5 Å². The molecule has 0 bridgehead atoms. The Bertz CT molecular complexity index is 671. The Labute approximate surface area is 118 Å². The third-order valence-electron chi connectivity index (χ3n) is 3.96. The second kappa shape index (κ2) is 4.64. The number of allylic oxidation sites excluding steroid dienone is 1. The molecule has 20 heavy (non-hydrogen) atoms. The first kappa shape index (κ1) is 12.7. The highest BCUT2D eigenvalue weighted by Gasteiger charge is 2.52. The van der Waals surface area contributed by atoms with Gasteiger partial charge in [-0.3, -0.25) is 4.79 Å². The number of esters is 1. The first-order chi connectivity index (χ1) is 9.64. The molecule has 0 aromatic heterocycles. The Morgan fingerprint density at radius 1 is 0.950 bits per heavy atom. The summed E-state index contributed by atoms with van der Waals surface area (Å²) in [7, 11) is 0. The van der Waals surface area contributed by atoms with E-state index in [4.69, 9.17) is 4.74 Å². The average Bonchev–Trinajstić information content (AvgIpc) is 2.52. The van der Waals surface area contributed by atoms with E-state index in [1.807, 2.05) is 74.5 Å². The number of benzene rings is 2. The molecular formula is C18H16O2. The van der Waals surface area contributed by atoms with Crippen LogP contribution in [0.25, 0.3) is 5.57 Å². The van der Waals surface area contributed by atoms with Gasteiger partial charge in [0.15, 0.2) is 0 Å². The number of hydrogen-bond acceptors (Lipinski definition) is 2. The van der Waals surface area contributed by atoms with Crippen molar-refractivity contribution in [3.05, 3.63) is 77.5 Å². The lowest BCUT2D eigenvalue weighted by Gasteiger charge is -2.40. The standard InChI is InChI=1S/C18H16O2/c1-13(14-9-5-3-6-10-14)16-18(2,17(19)20-16)15-11-7-4-8-12-15/h3-12H,1-2H3/b16-13-. The molecule has 0 spiro atoms. The minimum absolute atomic E-state index is 0.186. The first-order valence-corrected chi connectivity index (χ1v) is 6.68. The number of cyclic esters (lactones) is 1. The summed E-state index contributed by atoms with van der Waals surface area (Å²) < 4.78 is 5.37. The highest BCUT2D eigenvalue weighted by atomic mass is 16.6. The number of rotatable bonds is 2. The van der Waals surface area contributed by atoms with E-state index in [1.165, 1.54) is 0 Å². The zero-order valence-corrected chi connectivity index (χ0v) is 11.6. The summed E-state index contributed by atoms with van der Waals surface area (Å²) in [5, 5.41) is 0. The molecule has 0 amide bonds. The maximum Gasteiger partial charge on any atom is 0.329 e. The van der Waals surface area contributed by atoms with Crippen LogP contribution in [0.3, 0.4) is 0 Å². The van der Waals surface area contributed by atoms with Crippen LogP contribution in [0.4, 0.5) is 0 Å². The van der Waals surface area contributed by atoms with Crippen molar-refractivity contribution in [1.82, 2.24) is 0 Å². The lowest BCUT2D eigenvalue weighted by molar-refractivity contribution is -0.159. The molecule has 1 heterocycles. The summed E-state index contributed by atoms with van der Waals surface area (Å²) in [5.41, 5.74) is 2.40. The van der Waals surface area contributed by atoms with Gasteiger partial charge in [-0.05, 0) is 30.5 Å². The Hall–Kier alpha value is -2.35. The van der Waals surface area contributed by atoms with E-state index in [1.54, 1.807) is 0 Å². The fourth-order valence-corrected chi connectivity index (χ4v) is 2.63. The molecule has 1 atom stereocenters. The van der Waals surface area contributed by atoms with Crippen LogP contribution in [0.5, 0.6) is 0 Å². The fraction of sp³-hybridized carbons (Fsp3) is 0.167. The number of hydrogen-bond donors (Lipinski definition) is 0. The maximum absolute atomic E-state index is 12.0. The Morgan fingerprint density at radius 3 is 2.05 bits per heavy atom. The molecule has 2 aromatic carbocycles. The molecule has 1 fully saturated rings. The van der Waals surface area contributed by atoms with Gasteiger partial charge in [0.05, 0.1) is 0 Å². The van der Waals surface area contributed by atoms with Crippen molar-refractivity contribution < 1.29 is 9.53 Å². The van der Waals surface area contributed by atoms with Crippen LogP contribution in [0.2, 0.25) is 0 Å². The molecule has 2 nitrogen and oxygen atoms in total. The summed E-state index contributed by atoms with van der Waals surface area (Å²) in [6, 6.07) is 19.8. The van der Waals surface area contributed by atoms with Crippen LogP contribution in [-0.4, -0.2) is 5.97 Å². The Morgan fingerprint density at radius 2 is 1.50 bits per heavy atom. The Balaban J connectivity index is 2.10. The molecule has 2 aromatic rings. The van der Waals surface area contributed by atoms with Crippen molar-refractivity contribution in [1.29, 1.82) is 0 Å². The largest absolute Gasteiger partial charge is 0.428 e. The highest BCUT2D eigenvalue weighted by Crippen LogP contribution is 2.46. The summed E-state index contributed by atoms with van der Waals surface area (Å²) >= 11 is 0. The molecule has 100 valence electrons. The molecule has 0 saturated carbocycles. The summed E-state index contributed by atoms with van der Waals surface area (Å²) in [6.07, 6.45) is 0. The number of carbonyl (C=O) groups excluding carboxylic acids is 1. The average molecular weight is 264 g/mol. The van der Waals surface area contributed by atoms with Crippen LogP contribution in [0, 0.1) is 0 Å². The van der Waals surface area contributed by atoms with Gasteiger partial charge in [-0.15, -0.1) is 0 Å². The summed E-state index contributed by atoms with van der Waals surface area (Å²) in [6.45, 7) is 3.92. The lowest BCUT2D eigenvalue weighted by Crippen LogP contribution is -2.48. The zero-order chi connectivity index (χ0) is 14.2. The molecule has 0 aliphatic carbocycles. The lowest BCUT2D eigenvalue weighted by atomic mass is 9.74. The van der Waals surface area contributed by atoms with Gasteiger partial charge in [0.1, 0.15) is 11.2 Å². The van der Waals surface area contributed by atoms with E-state index in [9.17, 15) is 4.79 Å². The van der Waals surface area contributed by atoms with Crippen molar-refractivity contribution in [2.75, 3.05) is 0 Å². The molecule has 1 aliphatic heterocycles. The third kappa shape index (κ3) is 1.76. The van der Waals surface area contributed by atoms with Crippen LogP contribution in [-0.2, 0) is 14.9 Å². The third-order valence-corrected chi connectivity index (χ3v) is 3.96. The maximum atomic E-state index is 12.0. The molecule has 3 rings (SSSR count). The van der Waals surface area contributed by atoms with Gasteiger partial charge in [-0.1, -0.05) is 60.7 Å². The predicted octanol–water partition coefficient (Wildman–Crippen LogP) is 3.93. The smallest absolute Gasteiger partial charge is 0.329 e. The van der Waals surface area contributed by atoms with E-state index in [0.717, 1.165) is 22.5 Å². The molecular weight excluding hydrogens is 248 g/mol. The van der Waals surface area contributed by atoms with Crippen molar-refractivity contribution in [3.8, 4) is 0 Å². The van der Waals surface area contributed by atoms with E-state index in [0.29, 0.717) is 0 Å². The highest BCUT2D eigenvalue weighted by molar-refractivity contribution is 5.97. The zero-order valence-electron chi connectivity index (χ0n) is 11.6.